The Bertz CT molecular complexity index is 796. The van der Waals surface area contributed by atoms with Crippen LogP contribution in [-0.4, -0.2) is 56.7 Å². The Balaban J connectivity index is 1.56. The third-order valence-corrected chi connectivity index (χ3v) is 4.70. The lowest BCUT2D eigenvalue weighted by atomic mass is 10.2. The smallest absolute Gasteiger partial charge is 0.238 e. The van der Waals surface area contributed by atoms with Crippen molar-refractivity contribution in [3.8, 4) is 11.5 Å². The molecule has 0 spiro atoms. The van der Waals surface area contributed by atoms with Gasteiger partial charge in [0.2, 0.25) is 5.91 Å². The summed E-state index contributed by atoms with van der Waals surface area (Å²) in [4.78, 5) is 16.8. The zero-order valence-electron chi connectivity index (χ0n) is 16.9. The predicted octanol–water partition coefficient (Wildman–Crippen LogP) is 3.24. The number of nitrogens with one attached hydrogen (secondary N) is 1. The van der Waals surface area contributed by atoms with Crippen LogP contribution in [0.1, 0.15) is 13.8 Å². The van der Waals surface area contributed by atoms with E-state index in [1.807, 2.05) is 61.3 Å². The van der Waals surface area contributed by atoms with Crippen LogP contribution in [0.3, 0.4) is 0 Å². The van der Waals surface area contributed by atoms with E-state index in [0.717, 1.165) is 24.5 Å². The largest absolute Gasteiger partial charge is 0.492 e. The number of rotatable bonds is 8. The fourth-order valence-corrected chi connectivity index (χ4v) is 3.47. The summed E-state index contributed by atoms with van der Waals surface area (Å²) < 4.78 is 11.7. The van der Waals surface area contributed by atoms with E-state index in [4.69, 9.17) is 9.47 Å². The molecule has 1 atom stereocenters. The summed E-state index contributed by atoms with van der Waals surface area (Å²) in [6.07, 6.45) is 0.0170. The van der Waals surface area contributed by atoms with Gasteiger partial charge >= 0.3 is 0 Å². The van der Waals surface area contributed by atoms with Gasteiger partial charge in [-0.1, -0.05) is 24.3 Å². The van der Waals surface area contributed by atoms with Gasteiger partial charge in [-0.25, -0.2) is 0 Å². The van der Waals surface area contributed by atoms with Gasteiger partial charge in [0, 0.05) is 13.1 Å². The molecule has 0 bridgehead atoms. The van der Waals surface area contributed by atoms with Crippen molar-refractivity contribution in [2.75, 3.05) is 50.1 Å². The minimum Gasteiger partial charge on any atom is -0.492 e. The van der Waals surface area contributed by atoms with E-state index in [-0.39, 0.29) is 18.6 Å². The average molecular weight is 383 g/mol. The van der Waals surface area contributed by atoms with Crippen LogP contribution in [-0.2, 0) is 4.79 Å². The Morgan fingerprint density at radius 3 is 2.75 bits per heavy atom. The maximum Gasteiger partial charge on any atom is 0.238 e. The molecular weight excluding hydrogens is 354 g/mol. The number of anilines is 2. The second-order valence-corrected chi connectivity index (χ2v) is 6.92. The fourth-order valence-electron chi connectivity index (χ4n) is 3.47. The van der Waals surface area contributed by atoms with Gasteiger partial charge in [0.25, 0.3) is 0 Å². The number of benzene rings is 2. The first kappa shape index (κ1) is 20.0. The second-order valence-electron chi connectivity index (χ2n) is 6.92. The molecule has 6 heteroatoms. The van der Waals surface area contributed by atoms with Gasteiger partial charge in [-0.3, -0.25) is 9.69 Å². The van der Waals surface area contributed by atoms with E-state index >= 15 is 0 Å². The van der Waals surface area contributed by atoms with Crippen molar-refractivity contribution in [1.82, 2.24) is 4.90 Å². The van der Waals surface area contributed by atoms with E-state index < -0.39 is 0 Å². The summed E-state index contributed by atoms with van der Waals surface area (Å²) in [7, 11) is 1.94. The molecule has 1 N–H and O–H groups in total. The summed E-state index contributed by atoms with van der Waals surface area (Å²) in [5.41, 5.74) is 1.83. The fraction of sp³-hybridized carbons (Fsp3) is 0.409. The third-order valence-electron chi connectivity index (χ3n) is 4.70. The number of fused-ring (bicyclic) bond motifs is 1. The number of carbonyl (C=O) groups excluding carboxylic acids is 1. The molecule has 150 valence electrons. The molecule has 3 rings (SSSR count). The first-order chi connectivity index (χ1) is 13.6. The summed E-state index contributed by atoms with van der Waals surface area (Å²) in [6.45, 7) is 7.32. The maximum atomic E-state index is 12.5. The number of nitrogens with zero attached hydrogens (tertiary/aromatic N) is 2. The van der Waals surface area contributed by atoms with Crippen molar-refractivity contribution in [1.29, 1.82) is 0 Å². The SMILES string of the molecule is CCOc1ccccc1NC(=O)CN(C)CC1CN(CC)c2ccccc2O1. The summed E-state index contributed by atoms with van der Waals surface area (Å²) >= 11 is 0. The standard InChI is InChI=1S/C22H29N3O3/c1-4-25-15-17(28-21-13-9-7-11-19(21)25)14-24(3)16-22(26)23-18-10-6-8-12-20(18)27-5-2/h6-13,17H,4-5,14-16H2,1-3H3,(H,23,26). The normalized spacial score (nSPS) is 15.7. The van der Waals surface area contributed by atoms with Crippen molar-refractivity contribution in [2.45, 2.75) is 20.0 Å². The lowest BCUT2D eigenvalue weighted by Gasteiger charge is -2.37. The Kier molecular flexibility index (Phi) is 6.76. The van der Waals surface area contributed by atoms with Crippen molar-refractivity contribution in [3.05, 3.63) is 48.5 Å². The van der Waals surface area contributed by atoms with Crippen molar-refractivity contribution < 1.29 is 14.3 Å². The molecule has 6 nitrogen and oxygen atoms in total. The third kappa shape index (κ3) is 4.95. The molecule has 0 aliphatic carbocycles. The van der Waals surface area contributed by atoms with E-state index in [9.17, 15) is 4.79 Å². The second kappa shape index (κ2) is 9.46. The topological polar surface area (TPSA) is 54.0 Å². The molecule has 0 fully saturated rings. The lowest BCUT2D eigenvalue weighted by molar-refractivity contribution is -0.117. The predicted molar refractivity (Wildman–Crippen MR) is 112 cm³/mol. The molecule has 1 amide bonds. The van der Waals surface area contributed by atoms with Gasteiger partial charge in [-0.2, -0.15) is 0 Å². The Morgan fingerprint density at radius 2 is 1.96 bits per heavy atom. The van der Waals surface area contributed by atoms with E-state index in [2.05, 4.69) is 23.2 Å². The quantitative estimate of drug-likeness (QED) is 0.758. The van der Waals surface area contributed by atoms with Crippen molar-refractivity contribution >= 4 is 17.3 Å². The summed E-state index contributed by atoms with van der Waals surface area (Å²) in [5, 5.41) is 2.94. The summed E-state index contributed by atoms with van der Waals surface area (Å²) in [5.74, 6) is 1.52. The molecule has 0 radical (unpaired) electrons. The van der Waals surface area contributed by atoms with E-state index in [1.54, 1.807) is 0 Å². The molecule has 0 saturated carbocycles. The van der Waals surface area contributed by atoms with Crippen LogP contribution in [0.25, 0.3) is 0 Å². The Hall–Kier alpha value is -2.73. The highest BCUT2D eigenvalue weighted by atomic mass is 16.5. The van der Waals surface area contributed by atoms with Crippen molar-refractivity contribution in [2.24, 2.45) is 0 Å². The Morgan fingerprint density at radius 1 is 1.21 bits per heavy atom. The van der Waals surface area contributed by atoms with Crippen LogP contribution in [0, 0.1) is 0 Å². The molecule has 1 aliphatic heterocycles. The highest BCUT2D eigenvalue weighted by molar-refractivity contribution is 5.93. The number of amides is 1. The van der Waals surface area contributed by atoms with Crippen LogP contribution in [0.15, 0.2) is 48.5 Å². The number of ether oxygens (including phenoxy) is 2. The first-order valence-electron chi connectivity index (χ1n) is 9.81. The Labute approximate surface area is 167 Å². The molecule has 28 heavy (non-hydrogen) atoms. The maximum absolute atomic E-state index is 12.5. The summed E-state index contributed by atoms with van der Waals surface area (Å²) in [6, 6.07) is 15.6. The molecule has 0 saturated heterocycles. The molecule has 1 unspecified atom stereocenters. The monoisotopic (exact) mass is 383 g/mol. The number of carbonyl (C=O) groups is 1. The number of para-hydroxylation sites is 4. The van der Waals surface area contributed by atoms with Crippen LogP contribution < -0.4 is 19.7 Å². The van der Waals surface area contributed by atoms with Gasteiger partial charge in [0.15, 0.2) is 0 Å². The van der Waals surface area contributed by atoms with Crippen molar-refractivity contribution in [3.63, 3.8) is 0 Å². The minimum absolute atomic E-state index is 0.0170. The van der Waals surface area contributed by atoms with E-state index in [0.29, 0.717) is 24.6 Å². The molecule has 1 aliphatic rings. The van der Waals surface area contributed by atoms with E-state index in [1.165, 1.54) is 0 Å². The zero-order valence-corrected chi connectivity index (χ0v) is 16.9. The average Bonchev–Trinajstić information content (AvgIpc) is 2.68. The molecule has 2 aromatic rings. The van der Waals surface area contributed by atoms with Gasteiger partial charge in [-0.05, 0) is 45.2 Å². The van der Waals surface area contributed by atoms with Gasteiger partial charge in [-0.15, -0.1) is 0 Å². The first-order valence-corrected chi connectivity index (χ1v) is 9.81. The molecular formula is C22H29N3O3. The molecule has 1 heterocycles. The highest BCUT2D eigenvalue weighted by Crippen LogP contribution is 2.32. The van der Waals surface area contributed by atoms with Gasteiger partial charge < -0.3 is 19.7 Å². The zero-order chi connectivity index (χ0) is 19.9. The van der Waals surface area contributed by atoms with Crippen LogP contribution >= 0.6 is 0 Å². The van der Waals surface area contributed by atoms with Crippen LogP contribution in [0.5, 0.6) is 11.5 Å². The van der Waals surface area contributed by atoms with Gasteiger partial charge in [0.05, 0.1) is 31.1 Å². The number of hydrogen-bond acceptors (Lipinski definition) is 5. The highest BCUT2D eigenvalue weighted by Gasteiger charge is 2.25. The van der Waals surface area contributed by atoms with Gasteiger partial charge in [0.1, 0.15) is 17.6 Å². The minimum atomic E-state index is -0.0711. The number of likely N-dealkylation sites (N-methyl/N-ethyl adjacent to an activating group) is 2. The molecule has 2 aromatic carbocycles. The van der Waals surface area contributed by atoms with Crippen LogP contribution in [0.4, 0.5) is 11.4 Å². The molecule has 0 aromatic heterocycles. The van der Waals surface area contributed by atoms with Crippen LogP contribution in [0.2, 0.25) is 0 Å². The number of hydrogen-bond donors (Lipinski definition) is 1. The lowest BCUT2D eigenvalue weighted by Crippen LogP contribution is -2.46.